The number of nitrogens with one attached hydrogen (secondary N) is 2. The van der Waals surface area contributed by atoms with Crippen LogP contribution in [0.5, 0.6) is 11.5 Å². The molecule has 0 radical (unpaired) electrons. The minimum atomic E-state index is -0.618. The predicted molar refractivity (Wildman–Crippen MR) is 90.2 cm³/mol. The Kier molecular flexibility index (Phi) is 6.01. The average Bonchev–Trinajstić information content (AvgIpc) is 2.57. The molecule has 4 N–H and O–H groups in total. The molecule has 0 aliphatic heterocycles. The Hall–Kier alpha value is -3.22. The smallest absolute Gasteiger partial charge is 0.321 e. The molecule has 7 heteroatoms. The van der Waals surface area contributed by atoms with Gasteiger partial charge in [-0.1, -0.05) is 24.3 Å². The maximum Gasteiger partial charge on any atom is 0.321 e. The lowest BCUT2D eigenvalue weighted by Gasteiger charge is -2.13. The van der Waals surface area contributed by atoms with Crippen LogP contribution in [0.3, 0.4) is 0 Å². The van der Waals surface area contributed by atoms with Crippen molar-refractivity contribution in [2.45, 2.75) is 6.92 Å². The largest absolute Gasteiger partial charge is 0.490 e. The molecular formula is C17H19N3O4. The molecule has 0 aromatic heterocycles. The van der Waals surface area contributed by atoms with Crippen LogP contribution in [0.15, 0.2) is 48.5 Å². The van der Waals surface area contributed by atoms with Crippen LogP contribution < -0.4 is 25.8 Å². The zero-order valence-corrected chi connectivity index (χ0v) is 13.2. The molecule has 0 bridgehead atoms. The van der Waals surface area contributed by atoms with E-state index in [9.17, 15) is 9.59 Å². The van der Waals surface area contributed by atoms with Gasteiger partial charge in [0.25, 0.3) is 5.91 Å². The minimum Gasteiger partial charge on any atom is -0.490 e. The quantitative estimate of drug-likeness (QED) is 0.678. The number of nitrogens with two attached hydrogens (primary N) is 1. The SMILES string of the molecule is CCOc1ccccc1OCNC(=O)Nc1ccccc1C(N)=O. The highest BCUT2D eigenvalue weighted by Gasteiger charge is 2.10. The van der Waals surface area contributed by atoms with Crippen molar-refractivity contribution in [3.05, 3.63) is 54.1 Å². The summed E-state index contributed by atoms with van der Waals surface area (Å²) in [5, 5.41) is 5.09. The van der Waals surface area contributed by atoms with Crippen LogP contribution in [0.2, 0.25) is 0 Å². The number of benzene rings is 2. The van der Waals surface area contributed by atoms with Gasteiger partial charge in [-0.2, -0.15) is 0 Å². The van der Waals surface area contributed by atoms with Gasteiger partial charge in [-0.15, -0.1) is 0 Å². The predicted octanol–water partition coefficient (Wildman–Crippen LogP) is 2.34. The van der Waals surface area contributed by atoms with Crippen molar-refractivity contribution < 1.29 is 19.1 Å². The second kappa shape index (κ2) is 8.42. The second-order valence-corrected chi connectivity index (χ2v) is 4.71. The average molecular weight is 329 g/mol. The number of hydrogen-bond donors (Lipinski definition) is 3. The van der Waals surface area contributed by atoms with Crippen molar-refractivity contribution in [3.63, 3.8) is 0 Å². The number of carbonyl (C=O) groups excluding carboxylic acids is 2. The molecule has 7 nitrogen and oxygen atoms in total. The molecular weight excluding hydrogens is 310 g/mol. The molecule has 126 valence electrons. The molecule has 24 heavy (non-hydrogen) atoms. The summed E-state index contributed by atoms with van der Waals surface area (Å²) in [5.41, 5.74) is 5.82. The number of carbonyl (C=O) groups is 2. The lowest BCUT2D eigenvalue weighted by atomic mass is 10.1. The second-order valence-electron chi connectivity index (χ2n) is 4.71. The number of anilines is 1. The first-order valence-corrected chi connectivity index (χ1v) is 7.40. The van der Waals surface area contributed by atoms with Crippen molar-refractivity contribution in [1.82, 2.24) is 5.32 Å². The molecule has 0 aliphatic carbocycles. The van der Waals surface area contributed by atoms with E-state index < -0.39 is 11.9 Å². The molecule has 0 unspecified atom stereocenters. The highest BCUT2D eigenvalue weighted by Crippen LogP contribution is 2.25. The van der Waals surface area contributed by atoms with Crippen molar-refractivity contribution >= 4 is 17.6 Å². The van der Waals surface area contributed by atoms with Gasteiger partial charge >= 0.3 is 6.03 Å². The highest BCUT2D eigenvalue weighted by atomic mass is 16.5. The first-order valence-electron chi connectivity index (χ1n) is 7.40. The lowest BCUT2D eigenvalue weighted by Crippen LogP contribution is -2.32. The number of ether oxygens (including phenoxy) is 2. The molecule has 3 amide bonds. The van der Waals surface area contributed by atoms with E-state index in [1.807, 2.05) is 13.0 Å². The number of urea groups is 1. The molecule has 0 aliphatic rings. The molecule has 0 fully saturated rings. The van der Waals surface area contributed by atoms with Crippen LogP contribution >= 0.6 is 0 Å². The topological polar surface area (TPSA) is 103 Å². The molecule has 0 atom stereocenters. The van der Waals surface area contributed by atoms with Gasteiger partial charge in [0, 0.05) is 0 Å². The van der Waals surface area contributed by atoms with Gasteiger partial charge in [0.05, 0.1) is 17.9 Å². The van der Waals surface area contributed by atoms with Gasteiger partial charge in [0.2, 0.25) is 0 Å². The van der Waals surface area contributed by atoms with Crippen LogP contribution in [-0.2, 0) is 0 Å². The van der Waals surface area contributed by atoms with Gasteiger partial charge < -0.3 is 25.8 Å². The number of para-hydroxylation sites is 3. The highest BCUT2D eigenvalue weighted by molar-refractivity contribution is 6.02. The Morgan fingerprint density at radius 2 is 1.62 bits per heavy atom. The van der Waals surface area contributed by atoms with Crippen LogP contribution in [-0.4, -0.2) is 25.3 Å². The standard InChI is InChI=1S/C17H19N3O4/c1-2-23-14-9-5-6-10-15(14)24-11-19-17(22)20-13-8-4-3-7-12(13)16(18)21/h3-10H,2,11H2,1H3,(H2,18,21)(H2,19,20,22). The molecule has 2 aromatic carbocycles. The van der Waals surface area contributed by atoms with E-state index in [1.54, 1.807) is 36.4 Å². The number of amides is 3. The Labute approximate surface area is 139 Å². The van der Waals surface area contributed by atoms with Gasteiger partial charge in [0.15, 0.2) is 18.2 Å². The fraction of sp³-hybridized carbons (Fsp3) is 0.176. The van der Waals surface area contributed by atoms with E-state index in [1.165, 1.54) is 6.07 Å². The maximum absolute atomic E-state index is 11.9. The van der Waals surface area contributed by atoms with Gasteiger partial charge in [-0.3, -0.25) is 4.79 Å². The summed E-state index contributed by atoms with van der Waals surface area (Å²) < 4.78 is 10.9. The van der Waals surface area contributed by atoms with E-state index in [0.29, 0.717) is 23.8 Å². The molecule has 2 rings (SSSR count). The van der Waals surface area contributed by atoms with E-state index in [2.05, 4.69) is 10.6 Å². The maximum atomic E-state index is 11.9. The van der Waals surface area contributed by atoms with Crippen LogP contribution in [0.4, 0.5) is 10.5 Å². The Bertz CT molecular complexity index is 718. The number of rotatable bonds is 7. The Morgan fingerprint density at radius 1 is 1.00 bits per heavy atom. The lowest BCUT2D eigenvalue weighted by molar-refractivity contribution is 0.100. The van der Waals surface area contributed by atoms with Crippen molar-refractivity contribution in [2.75, 3.05) is 18.7 Å². The summed E-state index contributed by atoms with van der Waals surface area (Å²) in [4.78, 5) is 23.2. The fourth-order valence-corrected chi connectivity index (χ4v) is 2.00. The zero-order valence-electron chi connectivity index (χ0n) is 13.2. The Balaban J connectivity index is 1.90. The van der Waals surface area contributed by atoms with Crippen molar-refractivity contribution in [3.8, 4) is 11.5 Å². The molecule has 0 saturated carbocycles. The fourth-order valence-electron chi connectivity index (χ4n) is 2.00. The van der Waals surface area contributed by atoms with Gasteiger partial charge in [-0.25, -0.2) is 4.79 Å². The summed E-state index contributed by atoms with van der Waals surface area (Å²) in [6.45, 7) is 2.32. The van der Waals surface area contributed by atoms with Crippen molar-refractivity contribution in [1.29, 1.82) is 0 Å². The molecule has 2 aromatic rings. The van der Waals surface area contributed by atoms with E-state index >= 15 is 0 Å². The monoisotopic (exact) mass is 329 g/mol. The van der Waals surface area contributed by atoms with Crippen LogP contribution in [0.25, 0.3) is 0 Å². The zero-order chi connectivity index (χ0) is 17.4. The number of hydrogen-bond acceptors (Lipinski definition) is 4. The van der Waals surface area contributed by atoms with Gasteiger partial charge in [0.1, 0.15) is 0 Å². The van der Waals surface area contributed by atoms with Crippen LogP contribution in [0, 0.1) is 0 Å². The van der Waals surface area contributed by atoms with E-state index in [4.69, 9.17) is 15.2 Å². The number of primary amides is 1. The summed E-state index contributed by atoms with van der Waals surface area (Å²) in [6.07, 6.45) is 0. The molecule has 0 heterocycles. The normalized spacial score (nSPS) is 9.88. The summed E-state index contributed by atoms with van der Waals surface area (Å²) >= 11 is 0. The molecule has 0 saturated heterocycles. The molecule has 0 spiro atoms. The summed E-state index contributed by atoms with van der Waals surface area (Å²) in [5.74, 6) is 0.506. The third kappa shape index (κ3) is 4.64. The van der Waals surface area contributed by atoms with Gasteiger partial charge in [-0.05, 0) is 31.2 Å². The third-order valence-electron chi connectivity index (χ3n) is 3.05. The minimum absolute atomic E-state index is 0.0609. The van der Waals surface area contributed by atoms with E-state index in [-0.39, 0.29) is 12.3 Å². The summed E-state index contributed by atoms with van der Waals surface area (Å²) in [7, 11) is 0. The third-order valence-corrected chi connectivity index (χ3v) is 3.05. The van der Waals surface area contributed by atoms with Crippen molar-refractivity contribution in [2.24, 2.45) is 5.73 Å². The Morgan fingerprint density at radius 3 is 2.29 bits per heavy atom. The van der Waals surface area contributed by atoms with E-state index in [0.717, 1.165) is 0 Å². The van der Waals surface area contributed by atoms with Crippen LogP contribution in [0.1, 0.15) is 17.3 Å². The first-order chi connectivity index (χ1) is 11.6. The summed E-state index contributed by atoms with van der Waals surface area (Å²) in [6, 6.07) is 13.1. The first kappa shape index (κ1) is 17.1.